The first-order valence-corrected chi connectivity index (χ1v) is 27.3. The fourth-order valence-electron chi connectivity index (χ4n) is 10.4. The van der Waals surface area contributed by atoms with E-state index < -0.39 is 60.8 Å². The molecule has 0 fully saturated rings. The van der Waals surface area contributed by atoms with E-state index in [4.69, 9.17) is 0 Å². The van der Waals surface area contributed by atoms with Crippen LogP contribution in [0.4, 0.5) is 20.2 Å². The van der Waals surface area contributed by atoms with Gasteiger partial charge in [-0.2, -0.15) is 0 Å². The molecule has 87 heavy (non-hydrogen) atoms. The van der Waals surface area contributed by atoms with Crippen molar-refractivity contribution in [3.05, 3.63) is 204 Å². The molecule has 2 heterocycles. The van der Waals surface area contributed by atoms with Crippen LogP contribution in [0.2, 0.25) is 0 Å². The number of carbonyl (C=O) groups is 4. The van der Waals surface area contributed by atoms with Crippen LogP contribution in [0.15, 0.2) is 170 Å². The maximum absolute atomic E-state index is 14.0. The van der Waals surface area contributed by atoms with Gasteiger partial charge in [0.05, 0.1) is 46.9 Å². The number of aliphatic carboxylic acids is 2. The third-order valence-corrected chi connectivity index (χ3v) is 13.8. The zero-order valence-electron chi connectivity index (χ0n) is 48.4. The number of amides is 2. The summed E-state index contributed by atoms with van der Waals surface area (Å²) in [7, 11) is 0. The van der Waals surface area contributed by atoms with Crippen molar-refractivity contribution in [3.8, 4) is 44.8 Å². The van der Waals surface area contributed by atoms with Crippen LogP contribution in [0, 0.1) is 11.6 Å². The molecule has 0 saturated heterocycles. The van der Waals surface area contributed by atoms with Crippen molar-refractivity contribution in [1.82, 2.24) is 9.13 Å². The fraction of sp³-hybridized carbons (Fsp3) is 0.273. The predicted molar refractivity (Wildman–Crippen MR) is 334 cm³/mol. The summed E-state index contributed by atoms with van der Waals surface area (Å²) in [6.45, 7) is 8.45. The molecule has 6 aromatic carbocycles. The molecule has 8 aromatic rings. The number of benzene rings is 6. The van der Waals surface area contributed by atoms with Crippen molar-refractivity contribution in [2.24, 2.45) is 0 Å². The quantitative estimate of drug-likeness (QED) is 0.0373. The van der Waals surface area contributed by atoms with Gasteiger partial charge in [0.1, 0.15) is 11.6 Å². The number of nitrogens with zero attached hydrogens (tertiary/aromatic N) is 2. The summed E-state index contributed by atoms with van der Waals surface area (Å²) in [6.07, 6.45) is -5.54. The molecule has 0 bridgehead atoms. The van der Waals surface area contributed by atoms with Crippen LogP contribution >= 0.6 is 0 Å². The Morgan fingerprint density at radius 1 is 0.448 bits per heavy atom. The summed E-state index contributed by atoms with van der Waals surface area (Å²) in [5.41, 5.74) is 9.43. The van der Waals surface area contributed by atoms with Crippen molar-refractivity contribution < 1.29 is 75.0 Å². The number of nitrogens with one attached hydrogen (secondary N) is 2. The van der Waals surface area contributed by atoms with E-state index in [1.54, 1.807) is 48.5 Å². The monoisotopic (exact) mass is 1250 g/mol. The number of carboxylic acids is 2. The Hall–Kier alpha value is -6.14. The Morgan fingerprint density at radius 2 is 0.736 bits per heavy atom. The molecule has 0 unspecified atom stereocenters. The third kappa shape index (κ3) is 21.0. The van der Waals surface area contributed by atoms with E-state index in [9.17, 15) is 58.6 Å². The molecule has 456 valence electrons. The zero-order valence-corrected chi connectivity index (χ0v) is 50.6. The van der Waals surface area contributed by atoms with Crippen LogP contribution in [-0.4, -0.2) is 170 Å². The molecule has 2 amide bonds. The summed E-state index contributed by atoms with van der Waals surface area (Å²) in [4.78, 5) is 49.8. The van der Waals surface area contributed by atoms with E-state index in [2.05, 4.69) is 10.6 Å². The Morgan fingerprint density at radius 3 is 1.01 bits per heavy atom. The molecule has 0 aliphatic rings. The van der Waals surface area contributed by atoms with Crippen molar-refractivity contribution >= 4 is 111 Å². The number of halogens is 2. The average molecular weight is 1250 g/mol. The Labute approximate surface area is 564 Å². The van der Waals surface area contributed by atoms with Gasteiger partial charge in [0.25, 0.3) is 11.8 Å². The first-order chi connectivity index (χ1) is 39.3. The maximum atomic E-state index is 14.0. The number of rotatable bonds is 24. The van der Waals surface area contributed by atoms with Crippen LogP contribution in [0.5, 0.6) is 0 Å². The number of aliphatic hydroxyl groups is 4. The topological polar surface area (TPSA) is 324 Å². The van der Waals surface area contributed by atoms with Crippen LogP contribution in [0.3, 0.4) is 0 Å². The van der Waals surface area contributed by atoms with E-state index >= 15 is 0 Å². The number of para-hydroxylation sites is 2. The summed E-state index contributed by atoms with van der Waals surface area (Å²) in [5, 5.41) is 69.2. The van der Waals surface area contributed by atoms with Crippen LogP contribution in [0.1, 0.15) is 110 Å². The van der Waals surface area contributed by atoms with E-state index in [1.807, 2.05) is 134 Å². The predicted octanol–water partition coefficient (Wildman–Crippen LogP) is 6.19. The number of aliphatic hydroxyl groups excluding tert-OH is 4. The minimum atomic E-state index is -1.39. The SMILES string of the molecule is CC(C)c1c(C(=O)Nc2ccccc2)c(-c2ccccc2)c(-c2ccc(F)cc2)n1CC[C@@H](O)C[C@@H](O)CC(=O)[O-].CC(C)c1c(C(=O)Nc2ccccc2)c(-c2ccccc2)c(-c2ccc(F)cc2)n1CC[C@@H](O)C[C@@H](O)CC(=O)[O-].O.O.O.[Ca+2].[CaH2]. The molecule has 2 aromatic heterocycles. The third-order valence-electron chi connectivity index (χ3n) is 13.8. The van der Waals surface area contributed by atoms with Gasteiger partial charge in [-0.3, -0.25) is 9.59 Å². The van der Waals surface area contributed by atoms with Crippen LogP contribution in [0.25, 0.3) is 44.8 Å². The van der Waals surface area contributed by atoms with Gasteiger partial charge in [-0.05, 0) is 133 Å². The molecule has 21 heteroatoms. The number of aromatic nitrogens is 2. The molecule has 0 aliphatic heterocycles. The normalized spacial score (nSPS) is 12.0. The molecular formula is C66H76Ca2F2N4O13. The van der Waals surface area contributed by atoms with E-state index in [1.165, 1.54) is 24.3 Å². The summed E-state index contributed by atoms with van der Waals surface area (Å²) < 4.78 is 32.0. The zero-order chi connectivity index (χ0) is 59.0. The molecule has 0 spiro atoms. The van der Waals surface area contributed by atoms with Crippen molar-refractivity contribution in [3.63, 3.8) is 0 Å². The molecular weight excluding hydrogens is 1170 g/mol. The first-order valence-electron chi connectivity index (χ1n) is 27.3. The first kappa shape index (κ1) is 77.0. The van der Waals surface area contributed by atoms with Gasteiger partial charge in [-0.15, -0.1) is 0 Å². The average Bonchev–Trinajstić information content (AvgIpc) is 1.71. The van der Waals surface area contributed by atoms with Gasteiger partial charge in [-0.1, -0.05) is 125 Å². The number of carboxylic acid groups (broad SMARTS) is 2. The molecule has 17 nitrogen and oxygen atoms in total. The second-order valence-corrected chi connectivity index (χ2v) is 20.8. The van der Waals surface area contributed by atoms with Gasteiger partial charge in [0, 0.05) is 71.8 Å². The van der Waals surface area contributed by atoms with Gasteiger partial charge in [0.2, 0.25) is 0 Å². The van der Waals surface area contributed by atoms with Crippen LogP contribution in [-0.2, 0) is 22.7 Å². The Balaban J connectivity index is 0.000000561. The van der Waals surface area contributed by atoms with Gasteiger partial charge in [-0.25, -0.2) is 8.78 Å². The standard InChI is InChI=1S/2C33H35FN2O5.2Ca.3H2O.2H/c2*1-21(2)31-30(33(41)35-25-11-7-4-8-12-25)29(22-9-5-3-6-10-22)32(23-13-15-24(34)16-14-23)36(31)18-17-26(37)19-27(38)20-28(39)40;;;;;;;/h2*3-16,21,26-27,37-38H,17-20H2,1-2H3,(H,35,41)(H,39,40);;;3*1H2;;/q;;;+2;;;;;/p-2/t2*26-,27-;;;;;;;/m11......./s1. The van der Waals surface area contributed by atoms with Crippen molar-refractivity contribution in [1.29, 1.82) is 0 Å². The van der Waals surface area contributed by atoms with E-state index in [0.717, 1.165) is 22.5 Å². The summed E-state index contributed by atoms with van der Waals surface area (Å²) >= 11 is 0. The second kappa shape index (κ2) is 37.0. The number of anilines is 2. The molecule has 0 aliphatic carbocycles. The van der Waals surface area contributed by atoms with E-state index in [-0.39, 0.29) is 154 Å². The second-order valence-electron chi connectivity index (χ2n) is 20.8. The molecule has 4 atom stereocenters. The van der Waals surface area contributed by atoms with Gasteiger partial charge >= 0.3 is 75.5 Å². The number of carbonyl (C=O) groups excluding carboxylic acids is 4. The van der Waals surface area contributed by atoms with Crippen LogP contribution < -0.4 is 20.8 Å². The van der Waals surface area contributed by atoms with Crippen molar-refractivity contribution in [2.75, 3.05) is 10.6 Å². The molecule has 0 radical (unpaired) electrons. The molecule has 0 saturated carbocycles. The molecule has 8 rings (SSSR count). The van der Waals surface area contributed by atoms with Crippen molar-refractivity contribution in [2.45, 2.75) is 116 Å². The molecule has 12 N–H and O–H groups in total. The van der Waals surface area contributed by atoms with Gasteiger partial charge < -0.3 is 76.4 Å². The minimum absolute atomic E-state index is 0. The number of hydrogen-bond donors (Lipinski definition) is 6. The summed E-state index contributed by atoms with van der Waals surface area (Å²) in [6, 6.07) is 49.4. The number of hydrogen-bond acceptors (Lipinski definition) is 10. The van der Waals surface area contributed by atoms with Gasteiger partial charge in [0.15, 0.2) is 0 Å². The summed E-state index contributed by atoms with van der Waals surface area (Å²) in [5.74, 6) is -4.41. The Bertz CT molecular complexity index is 3180. The Kier molecular flexibility index (Phi) is 32.7. The fourth-order valence-corrected chi connectivity index (χ4v) is 10.4. The van der Waals surface area contributed by atoms with E-state index in [0.29, 0.717) is 56.1 Å².